The smallest absolute Gasteiger partial charge is 0.270 e. The summed E-state index contributed by atoms with van der Waals surface area (Å²) in [6, 6.07) is 8.75. The number of benzene rings is 1. The van der Waals surface area contributed by atoms with Crippen LogP contribution in [0, 0.1) is 10.1 Å². The van der Waals surface area contributed by atoms with Gasteiger partial charge in [0, 0.05) is 23.6 Å². The number of hydrogen-bond acceptors (Lipinski definition) is 6. The third-order valence-corrected chi connectivity index (χ3v) is 5.70. The number of likely N-dealkylation sites (N-methyl/N-ethyl adjacent to an activating group) is 1. The van der Waals surface area contributed by atoms with E-state index in [4.69, 9.17) is 0 Å². The molecule has 0 saturated heterocycles. The Labute approximate surface area is 138 Å². The second-order valence-corrected chi connectivity index (χ2v) is 7.85. The summed E-state index contributed by atoms with van der Waals surface area (Å²) in [6.07, 6.45) is 0. The predicted octanol–water partition coefficient (Wildman–Crippen LogP) is 2.24. The molecule has 1 N–H and O–H groups in total. The molecule has 0 unspecified atom stereocenters. The first-order valence-corrected chi connectivity index (χ1v) is 9.11. The van der Waals surface area contributed by atoms with E-state index < -0.39 is 14.9 Å². The largest absolute Gasteiger partial charge is 0.300 e. The van der Waals surface area contributed by atoms with Crippen LogP contribution in [0.4, 0.5) is 5.69 Å². The maximum Gasteiger partial charge on any atom is 0.270 e. The maximum atomic E-state index is 12.4. The first kappa shape index (κ1) is 17.5. The molecule has 0 aliphatic heterocycles. The van der Waals surface area contributed by atoms with Crippen molar-refractivity contribution in [3.8, 4) is 0 Å². The Hall–Kier alpha value is -1.81. The molecule has 1 atom stereocenters. The third-order valence-electron chi connectivity index (χ3n) is 3.30. The summed E-state index contributed by atoms with van der Waals surface area (Å²) in [7, 11) is -0.0782. The van der Waals surface area contributed by atoms with Gasteiger partial charge >= 0.3 is 0 Å². The Bertz CT molecular complexity index is 773. The number of nitro benzene ring substituents is 1. The summed E-state index contributed by atoms with van der Waals surface area (Å²) in [4.78, 5) is 13.0. The fraction of sp³-hybridized carbons (Fsp3) is 0.286. The van der Waals surface area contributed by atoms with Crippen LogP contribution in [0.25, 0.3) is 0 Å². The number of non-ortho nitro benzene ring substituents is 1. The Morgan fingerprint density at radius 3 is 2.61 bits per heavy atom. The van der Waals surface area contributed by atoms with Crippen molar-refractivity contribution >= 4 is 27.0 Å². The number of thiophene rings is 1. The van der Waals surface area contributed by atoms with Gasteiger partial charge in [-0.05, 0) is 31.6 Å². The van der Waals surface area contributed by atoms with Crippen molar-refractivity contribution in [1.29, 1.82) is 0 Å². The van der Waals surface area contributed by atoms with Crippen molar-refractivity contribution in [1.82, 2.24) is 9.62 Å². The molecule has 0 spiro atoms. The molecular formula is C14H17N3O4S2. The molecule has 0 radical (unpaired) electrons. The molecule has 9 heteroatoms. The molecule has 1 heterocycles. The highest BCUT2D eigenvalue weighted by Gasteiger charge is 2.21. The van der Waals surface area contributed by atoms with Gasteiger partial charge in [0.05, 0.1) is 15.9 Å². The van der Waals surface area contributed by atoms with E-state index in [0.29, 0.717) is 0 Å². The van der Waals surface area contributed by atoms with Crippen LogP contribution in [0.1, 0.15) is 10.9 Å². The molecule has 0 aliphatic carbocycles. The first-order chi connectivity index (χ1) is 10.8. The van der Waals surface area contributed by atoms with Crippen LogP contribution >= 0.6 is 11.3 Å². The average Bonchev–Trinajstić information content (AvgIpc) is 3.01. The number of nitrogens with one attached hydrogen (secondary N) is 1. The lowest BCUT2D eigenvalue weighted by molar-refractivity contribution is -0.385. The third kappa shape index (κ3) is 4.35. The zero-order chi connectivity index (χ0) is 17.0. The Balaban J connectivity index is 2.18. The highest BCUT2D eigenvalue weighted by molar-refractivity contribution is 7.89. The zero-order valence-corrected chi connectivity index (χ0v) is 14.3. The van der Waals surface area contributed by atoms with Gasteiger partial charge in [-0.3, -0.25) is 10.1 Å². The van der Waals surface area contributed by atoms with E-state index in [1.54, 1.807) is 11.3 Å². The van der Waals surface area contributed by atoms with Gasteiger partial charge in [-0.2, -0.15) is 0 Å². The highest BCUT2D eigenvalue weighted by Crippen LogP contribution is 2.23. The van der Waals surface area contributed by atoms with Crippen LogP contribution in [0.15, 0.2) is 46.7 Å². The Morgan fingerprint density at radius 2 is 2.04 bits per heavy atom. The molecule has 0 bridgehead atoms. The number of nitro groups is 1. The Kier molecular flexibility index (Phi) is 5.47. The van der Waals surface area contributed by atoms with Gasteiger partial charge < -0.3 is 4.90 Å². The highest BCUT2D eigenvalue weighted by atomic mass is 32.2. The van der Waals surface area contributed by atoms with Gasteiger partial charge in [0.1, 0.15) is 0 Å². The number of sulfonamides is 1. The van der Waals surface area contributed by atoms with E-state index in [-0.39, 0.29) is 23.2 Å². The standard InChI is InChI=1S/C14H17N3O4S2/c1-16(2)13(14-7-4-8-22-14)10-15-23(20,21)12-6-3-5-11(9-12)17(18)19/h3-9,13,15H,10H2,1-2H3/t13-/m0/s1. The van der Waals surface area contributed by atoms with Crippen molar-refractivity contribution in [2.45, 2.75) is 10.9 Å². The van der Waals surface area contributed by atoms with Crippen molar-refractivity contribution in [3.63, 3.8) is 0 Å². The van der Waals surface area contributed by atoms with Crippen molar-refractivity contribution in [2.24, 2.45) is 0 Å². The van der Waals surface area contributed by atoms with Crippen LogP contribution < -0.4 is 4.72 Å². The summed E-state index contributed by atoms with van der Waals surface area (Å²) >= 11 is 1.55. The molecule has 0 amide bonds. The number of nitrogens with zero attached hydrogens (tertiary/aromatic N) is 2. The van der Waals surface area contributed by atoms with E-state index in [1.807, 2.05) is 36.5 Å². The summed E-state index contributed by atoms with van der Waals surface area (Å²) in [5.74, 6) is 0. The number of rotatable bonds is 7. The van der Waals surface area contributed by atoms with Gasteiger partial charge in [-0.1, -0.05) is 12.1 Å². The molecule has 0 fully saturated rings. The van der Waals surface area contributed by atoms with Gasteiger partial charge in [-0.25, -0.2) is 13.1 Å². The van der Waals surface area contributed by atoms with Crippen LogP contribution in [0.3, 0.4) is 0 Å². The lowest BCUT2D eigenvalue weighted by atomic mass is 10.2. The fourth-order valence-electron chi connectivity index (χ4n) is 2.05. The van der Waals surface area contributed by atoms with Crippen molar-refractivity contribution in [2.75, 3.05) is 20.6 Å². The average molecular weight is 355 g/mol. The van der Waals surface area contributed by atoms with E-state index >= 15 is 0 Å². The molecule has 1 aromatic carbocycles. The first-order valence-electron chi connectivity index (χ1n) is 6.75. The van der Waals surface area contributed by atoms with Gasteiger partial charge in [-0.15, -0.1) is 11.3 Å². The Morgan fingerprint density at radius 1 is 1.30 bits per heavy atom. The normalized spacial score (nSPS) is 13.2. The monoisotopic (exact) mass is 355 g/mol. The molecule has 7 nitrogen and oxygen atoms in total. The van der Waals surface area contributed by atoms with Gasteiger partial charge in [0.25, 0.3) is 5.69 Å². The molecule has 124 valence electrons. The van der Waals surface area contributed by atoms with Crippen LogP contribution in [-0.4, -0.2) is 38.9 Å². The second-order valence-electron chi connectivity index (χ2n) is 5.10. The number of hydrogen-bond donors (Lipinski definition) is 1. The topological polar surface area (TPSA) is 92.6 Å². The summed E-state index contributed by atoms with van der Waals surface area (Å²) in [5, 5.41) is 12.7. The van der Waals surface area contributed by atoms with Crippen molar-refractivity contribution < 1.29 is 13.3 Å². The molecule has 2 aromatic rings. The second kappa shape index (κ2) is 7.18. The quantitative estimate of drug-likeness (QED) is 0.607. The van der Waals surface area contributed by atoms with Crippen molar-refractivity contribution in [3.05, 3.63) is 56.8 Å². The lowest BCUT2D eigenvalue weighted by Gasteiger charge is -2.23. The van der Waals surface area contributed by atoms with Gasteiger partial charge in [0.15, 0.2) is 0 Å². The maximum absolute atomic E-state index is 12.4. The predicted molar refractivity (Wildman–Crippen MR) is 89.0 cm³/mol. The van der Waals surface area contributed by atoms with Crippen LogP contribution in [0.2, 0.25) is 0 Å². The SMILES string of the molecule is CN(C)[C@@H](CNS(=O)(=O)c1cccc([N+](=O)[O-])c1)c1cccs1. The summed E-state index contributed by atoms with van der Waals surface area (Å²) in [6.45, 7) is 0.179. The minimum absolute atomic E-state index is 0.108. The minimum Gasteiger partial charge on any atom is -0.300 e. The molecule has 2 rings (SSSR count). The molecule has 0 saturated carbocycles. The zero-order valence-electron chi connectivity index (χ0n) is 12.7. The van der Waals surface area contributed by atoms with Crippen LogP contribution in [0.5, 0.6) is 0 Å². The molecule has 23 heavy (non-hydrogen) atoms. The fourth-order valence-corrected chi connectivity index (χ4v) is 4.05. The molecular weight excluding hydrogens is 338 g/mol. The van der Waals surface area contributed by atoms with E-state index in [0.717, 1.165) is 10.9 Å². The molecule has 0 aliphatic rings. The summed E-state index contributed by atoms with van der Waals surface area (Å²) in [5.41, 5.74) is -0.254. The van der Waals surface area contributed by atoms with E-state index in [1.165, 1.54) is 18.2 Å². The van der Waals surface area contributed by atoms with Crippen LogP contribution in [-0.2, 0) is 10.0 Å². The summed E-state index contributed by atoms with van der Waals surface area (Å²) < 4.78 is 27.2. The van der Waals surface area contributed by atoms with Gasteiger partial charge in [0.2, 0.25) is 10.0 Å². The lowest BCUT2D eigenvalue weighted by Crippen LogP contribution is -2.34. The van der Waals surface area contributed by atoms with E-state index in [2.05, 4.69) is 4.72 Å². The minimum atomic E-state index is -3.81. The molecule has 1 aromatic heterocycles. The van der Waals surface area contributed by atoms with E-state index in [9.17, 15) is 18.5 Å².